The van der Waals surface area contributed by atoms with E-state index in [2.05, 4.69) is 4.90 Å². The summed E-state index contributed by atoms with van der Waals surface area (Å²) >= 11 is 0. The van der Waals surface area contributed by atoms with E-state index in [1.165, 1.54) is 12.1 Å². The molecule has 0 spiro atoms. The second kappa shape index (κ2) is 3.88. The molecular weight excluding hydrogens is 241 g/mol. The minimum Gasteiger partial charge on any atom is -0.367 e. The lowest BCUT2D eigenvalue weighted by Gasteiger charge is -2.35. The zero-order chi connectivity index (χ0) is 12.9. The highest BCUT2D eigenvalue weighted by atomic mass is 19.4. The number of benzene rings is 1. The van der Waals surface area contributed by atoms with E-state index in [1.807, 2.05) is 0 Å². The number of alkyl halides is 3. The van der Waals surface area contributed by atoms with E-state index >= 15 is 0 Å². The lowest BCUT2D eigenvalue weighted by molar-refractivity contribution is -0.137. The first-order valence-electron chi connectivity index (χ1n) is 6.19. The van der Waals surface area contributed by atoms with Crippen LogP contribution in [0.25, 0.3) is 0 Å². The van der Waals surface area contributed by atoms with Gasteiger partial charge < -0.3 is 10.6 Å². The number of hydrogen-bond acceptors (Lipinski definition) is 2. The minimum atomic E-state index is -4.26. The van der Waals surface area contributed by atoms with E-state index < -0.39 is 11.7 Å². The Labute approximate surface area is 104 Å². The van der Waals surface area contributed by atoms with Crippen molar-refractivity contribution in [1.82, 2.24) is 0 Å². The van der Waals surface area contributed by atoms with Crippen molar-refractivity contribution in [3.05, 3.63) is 29.3 Å². The van der Waals surface area contributed by atoms with Gasteiger partial charge in [-0.15, -0.1) is 0 Å². The number of rotatable bonds is 0. The van der Waals surface area contributed by atoms with Crippen LogP contribution in [-0.2, 0) is 12.6 Å². The zero-order valence-electron chi connectivity index (χ0n) is 9.87. The standard InChI is InChI=1S/C13H15F3N2/c14-13(15,16)9-2-4-11-8(7-9)1-3-12-10(17)5-6-18(11)12/h2,4,7,10,12H,1,3,5-6,17H2. The first kappa shape index (κ1) is 11.8. The molecule has 2 nitrogen and oxygen atoms in total. The van der Waals surface area contributed by atoms with Crippen molar-refractivity contribution < 1.29 is 13.2 Å². The first-order chi connectivity index (χ1) is 8.47. The van der Waals surface area contributed by atoms with Crippen LogP contribution in [0.3, 0.4) is 0 Å². The lowest BCUT2D eigenvalue weighted by atomic mass is 9.93. The van der Waals surface area contributed by atoms with Crippen LogP contribution in [0.2, 0.25) is 0 Å². The highest BCUT2D eigenvalue weighted by molar-refractivity contribution is 5.59. The van der Waals surface area contributed by atoms with Gasteiger partial charge in [0.2, 0.25) is 0 Å². The first-order valence-corrected chi connectivity index (χ1v) is 6.19. The molecule has 0 radical (unpaired) electrons. The van der Waals surface area contributed by atoms with E-state index in [9.17, 15) is 13.2 Å². The topological polar surface area (TPSA) is 29.3 Å². The highest BCUT2D eigenvalue weighted by Crippen LogP contribution is 2.39. The largest absolute Gasteiger partial charge is 0.416 e. The van der Waals surface area contributed by atoms with Crippen LogP contribution in [0.4, 0.5) is 18.9 Å². The molecule has 2 aliphatic rings. The number of aryl methyl sites for hydroxylation is 1. The smallest absolute Gasteiger partial charge is 0.367 e. The van der Waals surface area contributed by atoms with E-state index in [0.717, 1.165) is 30.6 Å². The number of nitrogens with two attached hydrogens (primary N) is 1. The predicted molar refractivity (Wildman–Crippen MR) is 63.5 cm³/mol. The van der Waals surface area contributed by atoms with Gasteiger partial charge in [-0.1, -0.05) is 0 Å². The molecule has 0 amide bonds. The molecular formula is C13H15F3N2. The average molecular weight is 256 g/mol. The Bertz CT molecular complexity index is 470. The number of hydrogen-bond donors (Lipinski definition) is 1. The molecule has 98 valence electrons. The molecule has 1 aromatic rings. The summed E-state index contributed by atoms with van der Waals surface area (Å²) in [6.45, 7) is 0.851. The lowest BCUT2D eigenvalue weighted by Crippen LogP contribution is -2.42. The highest BCUT2D eigenvalue weighted by Gasteiger charge is 2.37. The van der Waals surface area contributed by atoms with Crippen LogP contribution in [0.5, 0.6) is 0 Å². The van der Waals surface area contributed by atoms with Crippen molar-refractivity contribution in [3.8, 4) is 0 Å². The van der Waals surface area contributed by atoms with Gasteiger partial charge in [0, 0.05) is 24.3 Å². The molecule has 0 saturated carbocycles. The van der Waals surface area contributed by atoms with Crippen molar-refractivity contribution in [2.75, 3.05) is 11.4 Å². The Kier molecular flexibility index (Phi) is 2.55. The molecule has 1 aromatic carbocycles. The minimum absolute atomic E-state index is 0.153. The van der Waals surface area contributed by atoms with Gasteiger partial charge in [-0.05, 0) is 43.0 Å². The van der Waals surface area contributed by atoms with E-state index in [0.29, 0.717) is 12.5 Å². The summed E-state index contributed by atoms with van der Waals surface area (Å²) in [6, 6.07) is 4.51. The van der Waals surface area contributed by atoms with Crippen LogP contribution in [0.15, 0.2) is 18.2 Å². The summed E-state index contributed by atoms with van der Waals surface area (Å²) in [5.74, 6) is 0. The molecule has 18 heavy (non-hydrogen) atoms. The monoisotopic (exact) mass is 256 g/mol. The van der Waals surface area contributed by atoms with Gasteiger partial charge in [0.1, 0.15) is 0 Å². The molecule has 2 heterocycles. The maximum atomic E-state index is 12.7. The van der Waals surface area contributed by atoms with Crippen molar-refractivity contribution in [2.24, 2.45) is 5.73 Å². The predicted octanol–water partition coefficient (Wildman–Crippen LogP) is 2.56. The van der Waals surface area contributed by atoms with Gasteiger partial charge in [0.25, 0.3) is 0 Å². The molecule has 2 N–H and O–H groups in total. The second-order valence-corrected chi connectivity index (χ2v) is 5.09. The Balaban J connectivity index is 1.98. The van der Waals surface area contributed by atoms with Gasteiger partial charge >= 0.3 is 6.18 Å². The summed E-state index contributed by atoms with van der Waals surface area (Å²) in [7, 11) is 0. The molecule has 3 rings (SSSR count). The number of nitrogens with zero attached hydrogens (tertiary/aromatic N) is 1. The Morgan fingerprint density at radius 3 is 2.72 bits per heavy atom. The third kappa shape index (κ3) is 1.77. The van der Waals surface area contributed by atoms with Gasteiger partial charge in [0.05, 0.1) is 5.56 Å². The average Bonchev–Trinajstić information content (AvgIpc) is 2.69. The maximum Gasteiger partial charge on any atom is 0.416 e. The van der Waals surface area contributed by atoms with Crippen LogP contribution < -0.4 is 10.6 Å². The molecule has 5 heteroatoms. The van der Waals surface area contributed by atoms with Crippen molar-refractivity contribution >= 4 is 5.69 Å². The third-order valence-corrected chi connectivity index (χ3v) is 4.02. The van der Waals surface area contributed by atoms with Crippen LogP contribution in [0, 0.1) is 0 Å². The van der Waals surface area contributed by atoms with Crippen molar-refractivity contribution in [2.45, 2.75) is 37.5 Å². The number of anilines is 1. The normalized spacial score (nSPS) is 27.0. The fourth-order valence-corrected chi connectivity index (χ4v) is 3.09. The Morgan fingerprint density at radius 1 is 1.22 bits per heavy atom. The SMILES string of the molecule is NC1CCN2c3ccc(C(F)(F)F)cc3CCC12. The van der Waals surface area contributed by atoms with Crippen molar-refractivity contribution in [1.29, 1.82) is 0 Å². The molecule has 2 unspecified atom stereocenters. The van der Waals surface area contributed by atoms with E-state index in [4.69, 9.17) is 5.73 Å². The zero-order valence-corrected chi connectivity index (χ0v) is 9.87. The number of fused-ring (bicyclic) bond motifs is 3. The fraction of sp³-hybridized carbons (Fsp3) is 0.538. The van der Waals surface area contributed by atoms with E-state index in [1.54, 1.807) is 6.07 Å². The van der Waals surface area contributed by atoms with Gasteiger partial charge in [-0.25, -0.2) is 0 Å². The summed E-state index contributed by atoms with van der Waals surface area (Å²) in [5.41, 5.74) is 7.21. The molecule has 2 atom stereocenters. The van der Waals surface area contributed by atoms with Crippen molar-refractivity contribution in [3.63, 3.8) is 0 Å². The second-order valence-electron chi connectivity index (χ2n) is 5.09. The summed E-state index contributed by atoms with van der Waals surface area (Å²) in [5, 5.41) is 0. The molecule has 1 fully saturated rings. The summed E-state index contributed by atoms with van der Waals surface area (Å²) in [4.78, 5) is 2.17. The summed E-state index contributed by atoms with van der Waals surface area (Å²) in [6.07, 6.45) is -1.79. The number of halogens is 3. The Morgan fingerprint density at radius 2 is 2.00 bits per heavy atom. The van der Waals surface area contributed by atoms with Gasteiger partial charge in [-0.2, -0.15) is 13.2 Å². The maximum absolute atomic E-state index is 12.7. The molecule has 0 aliphatic carbocycles. The van der Waals surface area contributed by atoms with E-state index in [-0.39, 0.29) is 6.04 Å². The van der Waals surface area contributed by atoms with Crippen LogP contribution in [-0.4, -0.2) is 18.6 Å². The van der Waals surface area contributed by atoms with Crippen LogP contribution in [0.1, 0.15) is 24.0 Å². The third-order valence-electron chi connectivity index (χ3n) is 4.02. The molecule has 0 bridgehead atoms. The fourth-order valence-electron chi connectivity index (χ4n) is 3.09. The Hall–Kier alpha value is -1.23. The molecule has 1 saturated heterocycles. The van der Waals surface area contributed by atoms with Gasteiger partial charge in [0.15, 0.2) is 0 Å². The summed E-state index contributed by atoms with van der Waals surface area (Å²) < 4.78 is 38.0. The van der Waals surface area contributed by atoms with Crippen LogP contribution >= 0.6 is 0 Å². The van der Waals surface area contributed by atoms with Gasteiger partial charge in [-0.3, -0.25) is 0 Å². The quantitative estimate of drug-likeness (QED) is 0.773. The molecule has 0 aromatic heterocycles. The molecule has 2 aliphatic heterocycles.